The third kappa shape index (κ3) is 1.35. The Morgan fingerprint density at radius 1 is 1.33 bits per heavy atom. The van der Waals surface area contributed by atoms with Gasteiger partial charge in [-0.15, -0.1) is 0 Å². The molecule has 0 unspecified atom stereocenters. The van der Waals surface area contributed by atoms with Crippen molar-refractivity contribution in [2.24, 2.45) is 0 Å². The molecule has 1 aromatic rings. The summed E-state index contributed by atoms with van der Waals surface area (Å²) in [7, 11) is 0. The zero-order valence-electron chi connectivity index (χ0n) is 4.32. The zero-order valence-corrected chi connectivity index (χ0v) is 4.32. The van der Waals surface area contributed by atoms with Crippen molar-refractivity contribution in [1.82, 2.24) is 4.98 Å². The molecule has 0 amide bonds. The van der Waals surface area contributed by atoms with E-state index in [0.29, 0.717) is 12.1 Å². The van der Waals surface area contributed by atoms with E-state index in [-0.39, 0.29) is 0 Å². The van der Waals surface area contributed by atoms with E-state index in [4.69, 9.17) is 0 Å². The minimum atomic E-state index is -0.958. The highest BCUT2D eigenvalue weighted by Crippen LogP contribution is 1.91. The lowest BCUT2D eigenvalue weighted by Crippen LogP contribution is -2.06. The van der Waals surface area contributed by atoms with Crippen LogP contribution in [-0.2, 0) is 0 Å². The predicted octanol–water partition coefficient (Wildman–Crippen LogP) is 0.653. The molecule has 0 spiro atoms. The first-order valence-corrected chi connectivity index (χ1v) is 2.24. The number of pyridine rings is 1. The topological polar surface area (TPSA) is 32.9 Å². The van der Waals surface area contributed by atoms with Crippen molar-refractivity contribution in [2.75, 3.05) is 0 Å². The van der Waals surface area contributed by atoms with Crippen molar-refractivity contribution < 1.29 is 8.78 Å². The molecule has 2 nitrogen and oxygen atoms in total. The van der Waals surface area contributed by atoms with Crippen molar-refractivity contribution >= 4 is 0 Å². The smallest absolute Gasteiger partial charge is 0.253 e. The van der Waals surface area contributed by atoms with Gasteiger partial charge in [-0.2, -0.15) is 4.39 Å². The van der Waals surface area contributed by atoms with E-state index in [1.54, 1.807) is 4.98 Å². The number of aromatic amines is 1. The van der Waals surface area contributed by atoms with E-state index in [1.165, 1.54) is 0 Å². The molecule has 48 valence electrons. The fourth-order valence-electron chi connectivity index (χ4n) is 0.478. The maximum Gasteiger partial charge on any atom is 0.253 e. The highest BCUT2D eigenvalue weighted by Gasteiger charge is 1.93. The summed E-state index contributed by atoms with van der Waals surface area (Å²) in [6.45, 7) is 0. The average Bonchev–Trinajstić information content (AvgIpc) is 1.59. The van der Waals surface area contributed by atoms with Gasteiger partial charge in [0.05, 0.1) is 0 Å². The Labute approximate surface area is 49.1 Å². The van der Waals surface area contributed by atoms with Gasteiger partial charge in [0.15, 0.2) is 5.95 Å². The third-order valence-electron chi connectivity index (χ3n) is 0.776. The quantitative estimate of drug-likeness (QED) is 0.515. The number of nitrogens with one attached hydrogen (secondary N) is 1. The predicted molar refractivity (Wildman–Crippen MR) is 27.0 cm³/mol. The number of hydrogen-bond acceptors (Lipinski definition) is 1. The van der Waals surface area contributed by atoms with E-state index in [1.807, 2.05) is 0 Å². The summed E-state index contributed by atoms with van der Waals surface area (Å²) in [5.41, 5.74) is -0.771. The molecule has 0 saturated carbocycles. The van der Waals surface area contributed by atoms with Crippen molar-refractivity contribution in [3.63, 3.8) is 0 Å². The number of halogens is 2. The van der Waals surface area contributed by atoms with Crippen LogP contribution in [0.15, 0.2) is 16.9 Å². The van der Waals surface area contributed by atoms with Crippen LogP contribution in [0.3, 0.4) is 0 Å². The summed E-state index contributed by atoms with van der Waals surface area (Å²) >= 11 is 0. The summed E-state index contributed by atoms with van der Waals surface area (Å²) in [6, 6.07) is 1.27. The second kappa shape index (κ2) is 1.97. The highest BCUT2D eigenvalue weighted by atomic mass is 19.1. The first kappa shape index (κ1) is 5.94. The molecule has 0 aliphatic rings. The van der Waals surface area contributed by atoms with Crippen molar-refractivity contribution in [1.29, 1.82) is 0 Å². The largest absolute Gasteiger partial charge is 0.299 e. The first-order valence-electron chi connectivity index (χ1n) is 2.24. The molecule has 0 radical (unpaired) electrons. The summed E-state index contributed by atoms with van der Waals surface area (Å²) < 4.78 is 23.9. The fraction of sp³-hybridized carbons (Fsp3) is 0. The molecule has 0 saturated heterocycles. The van der Waals surface area contributed by atoms with Crippen LogP contribution in [-0.4, -0.2) is 4.98 Å². The molecule has 0 bridgehead atoms. The van der Waals surface area contributed by atoms with E-state index in [2.05, 4.69) is 0 Å². The van der Waals surface area contributed by atoms with Gasteiger partial charge in [0.2, 0.25) is 0 Å². The molecule has 1 heterocycles. The molecule has 4 heteroatoms. The van der Waals surface area contributed by atoms with Gasteiger partial charge in [-0.25, -0.2) is 4.39 Å². The summed E-state index contributed by atoms with van der Waals surface area (Å²) in [5, 5.41) is 0. The van der Waals surface area contributed by atoms with Crippen molar-refractivity contribution in [2.45, 2.75) is 0 Å². The number of rotatable bonds is 0. The maximum atomic E-state index is 12.0. The molecule has 0 aliphatic heterocycles. The molecule has 1 aromatic heterocycles. The molecular weight excluding hydrogens is 128 g/mol. The Hall–Kier alpha value is -1.19. The van der Waals surface area contributed by atoms with Crippen LogP contribution in [0.4, 0.5) is 8.78 Å². The molecular formula is C5H3F2NO. The Morgan fingerprint density at radius 3 is 2.44 bits per heavy atom. The van der Waals surface area contributed by atoms with Gasteiger partial charge in [0.1, 0.15) is 5.82 Å². The Balaban J connectivity index is 3.33. The van der Waals surface area contributed by atoms with Crippen molar-refractivity contribution in [3.8, 4) is 0 Å². The molecule has 0 atom stereocenters. The fourth-order valence-corrected chi connectivity index (χ4v) is 0.478. The Morgan fingerprint density at radius 2 is 2.00 bits per heavy atom. The monoisotopic (exact) mass is 131 g/mol. The van der Waals surface area contributed by atoms with Crippen LogP contribution in [0.5, 0.6) is 0 Å². The number of H-pyrrole nitrogens is 1. The average molecular weight is 131 g/mol. The summed E-state index contributed by atoms with van der Waals surface area (Å²) in [6.07, 6.45) is 0. The lowest BCUT2D eigenvalue weighted by molar-refractivity contribution is 0.547. The van der Waals surface area contributed by atoms with Gasteiger partial charge in [0, 0.05) is 12.1 Å². The molecule has 0 aliphatic carbocycles. The van der Waals surface area contributed by atoms with Crippen LogP contribution in [0.25, 0.3) is 0 Å². The number of hydrogen-bond donors (Lipinski definition) is 1. The van der Waals surface area contributed by atoms with E-state index in [0.717, 1.165) is 0 Å². The molecule has 0 fully saturated rings. The maximum absolute atomic E-state index is 12.0. The normalized spacial score (nSPS) is 9.56. The molecule has 1 N–H and O–H groups in total. The molecule has 0 aromatic carbocycles. The van der Waals surface area contributed by atoms with Gasteiger partial charge < -0.3 is 0 Å². The SMILES string of the molecule is O=c1cc(F)cc(F)[nH]1. The van der Waals surface area contributed by atoms with Gasteiger partial charge in [-0.05, 0) is 0 Å². The van der Waals surface area contributed by atoms with E-state index < -0.39 is 17.3 Å². The van der Waals surface area contributed by atoms with E-state index in [9.17, 15) is 13.6 Å². The minimum absolute atomic E-state index is 0.599. The molecule has 1 rings (SSSR count). The Kier molecular flexibility index (Phi) is 1.30. The van der Waals surface area contributed by atoms with Gasteiger partial charge in [0.25, 0.3) is 5.56 Å². The summed E-state index contributed by atoms with van der Waals surface area (Å²) in [5.74, 6) is -1.82. The lowest BCUT2D eigenvalue weighted by Gasteiger charge is -1.85. The highest BCUT2D eigenvalue weighted by molar-refractivity contribution is 4.95. The first-order chi connectivity index (χ1) is 4.18. The second-order valence-electron chi connectivity index (χ2n) is 1.51. The third-order valence-corrected chi connectivity index (χ3v) is 0.776. The van der Waals surface area contributed by atoms with Crippen LogP contribution in [0.1, 0.15) is 0 Å². The zero-order chi connectivity index (χ0) is 6.85. The van der Waals surface area contributed by atoms with Gasteiger partial charge >= 0.3 is 0 Å². The minimum Gasteiger partial charge on any atom is -0.299 e. The van der Waals surface area contributed by atoms with Gasteiger partial charge in [-0.3, -0.25) is 9.78 Å². The van der Waals surface area contributed by atoms with Crippen LogP contribution in [0.2, 0.25) is 0 Å². The Bertz CT molecular complexity index is 245. The number of aromatic nitrogens is 1. The van der Waals surface area contributed by atoms with Gasteiger partial charge in [-0.1, -0.05) is 0 Å². The molecule has 9 heavy (non-hydrogen) atoms. The van der Waals surface area contributed by atoms with Crippen LogP contribution >= 0.6 is 0 Å². The van der Waals surface area contributed by atoms with Crippen molar-refractivity contribution in [3.05, 3.63) is 34.3 Å². The van der Waals surface area contributed by atoms with Crippen LogP contribution in [0, 0.1) is 11.8 Å². The summed E-state index contributed by atoms with van der Waals surface area (Å²) in [4.78, 5) is 11.9. The van der Waals surface area contributed by atoms with E-state index >= 15 is 0 Å². The lowest BCUT2D eigenvalue weighted by atomic mass is 10.5. The van der Waals surface area contributed by atoms with Crippen LogP contribution < -0.4 is 5.56 Å². The second-order valence-corrected chi connectivity index (χ2v) is 1.51. The standard InChI is InChI=1S/C5H3F2NO/c6-3-1-4(7)8-5(9)2-3/h1-2H,(H,8,9).